The van der Waals surface area contributed by atoms with Crippen molar-refractivity contribution in [1.29, 1.82) is 0 Å². The molecular weight excluding hydrogens is 348 g/mol. The molecule has 27 heavy (non-hydrogen) atoms. The number of carboxylic acid groups (broad SMARTS) is 1. The molecule has 2 aliphatic heterocycles. The summed E-state index contributed by atoms with van der Waals surface area (Å²) in [6.07, 6.45) is 2.07. The lowest BCUT2D eigenvalue weighted by Crippen LogP contribution is -2.49. The maximum Gasteiger partial charge on any atom is 0.308 e. The normalized spacial score (nSPS) is 22.8. The van der Waals surface area contributed by atoms with Crippen molar-refractivity contribution in [3.63, 3.8) is 0 Å². The number of carbonyl (C=O) groups is 3. The van der Waals surface area contributed by atoms with Gasteiger partial charge < -0.3 is 19.8 Å². The van der Waals surface area contributed by atoms with Crippen LogP contribution in [0.1, 0.15) is 19.8 Å². The number of hydrogen-bond donors (Lipinski definition) is 1. The first-order chi connectivity index (χ1) is 13.0. The van der Waals surface area contributed by atoms with Gasteiger partial charge in [-0.05, 0) is 18.1 Å². The van der Waals surface area contributed by atoms with Crippen LogP contribution in [0, 0.1) is 11.8 Å². The van der Waals surface area contributed by atoms with Gasteiger partial charge in [0.05, 0.1) is 5.92 Å². The van der Waals surface area contributed by atoms with Gasteiger partial charge >= 0.3 is 5.97 Å². The highest BCUT2D eigenvalue weighted by molar-refractivity contribution is 5.84. The van der Waals surface area contributed by atoms with E-state index in [4.69, 9.17) is 5.11 Å². The number of aromatic nitrogens is 1. The Labute approximate surface area is 158 Å². The lowest BCUT2D eigenvalue weighted by molar-refractivity contribution is -0.142. The Balaban J connectivity index is 1.42. The molecule has 0 bridgehead atoms. The number of piperazine rings is 1. The Bertz CT molecular complexity index is 688. The molecule has 3 heterocycles. The van der Waals surface area contributed by atoms with Crippen LogP contribution < -0.4 is 4.90 Å². The number of nitrogens with zero attached hydrogens (tertiary/aromatic N) is 4. The Kier molecular flexibility index (Phi) is 5.93. The highest BCUT2D eigenvalue weighted by atomic mass is 16.4. The molecular formula is C19H26N4O4. The number of anilines is 1. The maximum atomic E-state index is 12.4. The van der Waals surface area contributed by atoms with E-state index in [1.807, 2.05) is 25.1 Å². The molecule has 146 valence electrons. The van der Waals surface area contributed by atoms with Crippen molar-refractivity contribution in [1.82, 2.24) is 14.8 Å². The number of likely N-dealkylation sites (tertiary alicyclic amines) is 1. The van der Waals surface area contributed by atoms with Gasteiger partial charge in [0.15, 0.2) is 0 Å². The van der Waals surface area contributed by atoms with Crippen LogP contribution in [0.3, 0.4) is 0 Å². The van der Waals surface area contributed by atoms with E-state index in [1.165, 1.54) is 0 Å². The summed E-state index contributed by atoms with van der Waals surface area (Å²) in [5, 5.41) is 9.17. The van der Waals surface area contributed by atoms with Gasteiger partial charge in [-0.15, -0.1) is 0 Å². The minimum Gasteiger partial charge on any atom is -0.481 e. The highest BCUT2D eigenvalue weighted by Gasteiger charge is 2.36. The zero-order chi connectivity index (χ0) is 19.4. The van der Waals surface area contributed by atoms with Gasteiger partial charge in [0.1, 0.15) is 5.82 Å². The molecule has 1 N–H and O–H groups in total. The second-order valence-corrected chi connectivity index (χ2v) is 7.28. The summed E-state index contributed by atoms with van der Waals surface area (Å²) in [5.41, 5.74) is 0. The monoisotopic (exact) mass is 374 g/mol. The topological polar surface area (TPSA) is 94.1 Å². The molecule has 1 aromatic rings. The lowest BCUT2D eigenvalue weighted by atomic mass is 9.99. The lowest BCUT2D eigenvalue weighted by Gasteiger charge is -2.35. The summed E-state index contributed by atoms with van der Waals surface area (Å²) in [6, 6.07) is 5.78. The summed E-state index contributed by atoms with van der Waals surface area (Å²) in [6.45, 7) is 5.22. The molecule has 8 nitrogen and oxygen atoms in total. The van der Waals surface area contributed by atoms with Gasteiger partial charge in [-0.25, -0.2) is 4.98 Å². The van der Waals surface area contributed by atoms with E-state index in [0.29, 0.717) is 19.6 Å². The van der Waals surface area contributed by atoms with Crippen molar-refractivity contribution >= 4 is 23.6 Å². The van der Waals surface area contributed by atoms with Gasteiger partial charge in [0, 0.05) is 58.3 Å². The highest BCUT2D eigenvalue weighted by Crippen LogP contribution is 2.24. The number of pyridine rings is 1. The van der Waals surface area contributed by atoms with Gasteiger partial charge in [-0.3, -0.25) is 14.4 Å². The van der Waals surface area contributed by atoms with E-state index in [9.17, 15) is 14.4 Å². The van der Waals surface area contributed by atoms with Crippen molar-refractivity contribution in [2.45, 2.75) is 19.8 Å². The average Bonchev–Trinajstić information content (AvgIpc) is 3.09. The number of rotatable bonds is 5. The van der Waals surface area contributed by atoms with Crippen LogP contribution in [0.25, 0.3) is 0 Å². The first-order valence-electron chi connectivity index (χ1n) is 9.40. The number of amides is 2. The van der Waals surface area contributed by atoms with Gasteiger partial charge in [0.2, 0.25) is 11.8 Å². The fraction of sp³-hybridized carbons (Fsp3) is 0.579. The third-order valence-corrected chi connectivity index (χ3v) is 5.44. The Morgan fingerprint density at radius 2 is 1.70 bits per heavy atom. The van der Waals surface area contributed by atoms with Crippen molar-refractivity contribution in [3.8, 4) is 0 Å². The number of carboxylic acids is 1. The van der Waals surface area contributed by atoms with Crippen molar-refractivity contribution in [3.05, 3.63) is 24.4 Å². The molecule has 0 radical (unpaired) electrons. The van der Waals surface area contributed by atoms with Crippen molar-refractivity contribution in [2.24, 2.45) is 11.8 Å². The third kappa shape index (κ3) is 4.56. The van der Waals surface area contributed by atoms with E-state index in [0.717, 1.165) is 18.9 Å². The van der Waals surface area contributed by atoms with Crippen LogP contribution >= 0.6 is 0 Å². The predicted molar refractivity (Wildman–Crippen MR) is 99.1 cm³/mol. The molecule has 0 aromatic carbocycles. The van der Waals surface area contributed by atoms with Crippen LogP contribution in [0.5, 0.6) is 0 Å². The van der Waals surface area contributed by atoms with Gasteiger partial charge in [0.25, 0.3) is 0 Å². The molecule has 0 spiro atoms. The quantitative estimate of drug-likeness (QED) is 0.815. The van der Waals surface area contributed by atoms with E-state index in [-0.39, 0.29) is 37.1 Å². The molecule has 2 saturated heterocycles. The van der Waals surface area contributed by atoms with Crippen molar-refractivity contribution < 1.29 is 19.5 Å². The Morgan fingerprint density at radius 3 is 2.26 bits per heavy atom. The average molecular weight is 374 g/mol. The zero-order valence-corrected chi connectivity index (χ0v) is 15.6. The fourth-order valence-electron chi connectivity index (χ4n) is 3.75. The summed E-state index contributed by atoms with van der Waals surface area (Å²) in [4.78, 5) is 45.8. The summed E-state index contributed by atoms with van der Waals surface area (Å²) in [5.74, 6) is -0.668. The molecule has 2 fully saturated rings. The second kappa shape index (κ2) is 8.37. The minimum atomic E-state index is -0.861. The number of hydrogen-bond acceptors (Lipinski definition) is 5. The van der Waals surface area contributed by atoms with Crippen LogP contribution in [-0.2, 0) is 14.4 Å². The SMILES string of the molecule is C[C@@H]1CN(C(=O)CCC(=O)N2CCN(c3ccccn3)CC2)C[C@H]1C(=O)O. The summed E-state index contributed by atoms with van der Waals surface area (Å²) >= 11 is 0. The van der Waals surface area contributed by atoms with E-state index in [1.54, 1.807) is 16.0 Å². The molecule has 0 aliphatic carbocycles. The van der Waals surface area contributed by atoms with Crippen LogP contribution in [0.15, 0.2) is 24.4 Å². The summed E-state index contributed by atoms with van der Waals surface area (Å²) < 4.78 is 0. The molecule has 2 atom stereocenters. The molecule has 2 aliphatic rings. The Hall–Kier alpha value is -2.64. The molecule has 0 unspecified atom stereocenters. The first-order valence-corrected chi connectivity index (χ1v) is 9.40. The van der Waals surface area contributed by atoms with Crippen molar-refractivity contribution in [2.75, 3.05) is 44.2 Å². The van der Waals surface area contributed by atoms with E-state index in [2.05, 4.69) is 9.88 Å². The fourth-order valence-corrected chi connectivity index (χ4v) is 3.75. The second-order valence-electron chi connectivity index (χ2n) is 7.28. The maximum absolute atomic E-state index is 12.4. The Morgan fingerprint density at radius 1 is 1.04 bits per heavy atom. The minimum absolute atomic E-state index is 0.0222. The smallest absolute Gasteiger partial charge is 0.308 e. The number of carbonyl (C=O) groups excluding carboxylic acids is 2. The third-order valence-electron chi connectivity index (χ3n) is 5.44. The van der Waals surface area contributed by atoms with E-state index >= 15 is 0 Å². The summed E-state index contributed by atoms with van der Waals surface area (Å²) in [7, 11) is 0. The standard InChI is InChI=1S/C19H26N4O4/c1-14-12-23(13-15(14)19(26)27)18(25)6-5-17(24)22-10-8-21(9-11-22)16-4-2-3-7-20-16/h2-4,7,14-15H,5-6,8-13H2,1H3,(H,26,27)/t14-,15-/m1/s1. The molecule has 8 heteroatoms. The molecule has 1 aromatic heterocycles. The van der Waals surface area contributed by atoms with Gasteiger partial charge in [-0.2, -0.15) is 0 Å². The first kappa shape index (κ1) is 19.1. The van der Waals surface area contributed by atoms with Gasteiger partial charge in [-0.1, -0.05) is 13.0 Å². The van der Waals surface area contributed by atoms with Crippen LogP contribution in [0.2, 0.25) is 0 Å². The molecule has 2 amide bonds. The molecule has 3 rings (SSSR count). The van der Waals surface area contributed by atoms with E-state index < -0.39 is 11.9 Å². The largest absolute Gasteiger partial charge is 0.481 e. The van der Waals surface area contributed by atoms with Crippen LogP contribution in [-0.4, -0.2) is 76.9 Å². The van der Waals surface area contributed by atoms with Crippen LogP contribution in [0.4, 0.5) is 5.82 Å². The zero-order valence-electron chi connectivity index (χ0n) is 15.6. The predicted octanol–water partition coefficient (Wildman–Crippen LogP) is 0.690. The molecule has 0 saturated carbocycles. The number of aliphatic carboxylic acids is 1.